The van der Waals surface area contributed by atoms with E-state index in [9.17, 15) is 14.4 Å². The lowest BCUT2D eigenvalue weighted by atomic mass is 10.2. The van der Waals surface area contributed by atoms with Crippen LogP contribution in [-0.2, 0) is 20.9 Å². The summed E-state index contributed by atoms with van der Waals surface area (Å²) in [7, 11) is 0. The first-order valence-corrected chi connectivity index (χ1v) is 9.21. The second-order valence-electron chi connectivity index (χ2n) is 6.33. The molecule has 0 fully saturated rings. The highest BCUT2D eigenvalue weighted by atomic mass is 35.5. The number of benzene rings is 2. The highest BCUT2D eigenvalue weighted by Gasteiger charge is 2.12. The van der Waals surface area contributed by atoms with E-state index in [-0.39, 0.29) is 24.3 Å². The lowest BCUT2D eigenvalue weighted by Gasteiger charge is -2.06. The van der Waals surface area contributed by atoms with Crippen molar-refractivity contribution in [2.45, 2.75) is 20.4 Å². The van der Waals surface area contributed by atoms with Gasteiger partial charge in [0, 0.05) is 30.8 Å². The van der Waals surface area contributed by atoms with E-state index in [4.69, 9.17) is 11.6 Å². The number of anilines is 3. The first kappa shape index (κ1) is 20.9. The highest BCUT2D eigenvalue weighted by Crippen LogP contribution is 2.26. The minimum atomic E-state index is -0.342. The maximum absolute atomic E-state index is 12.2. The highest BCUT2D eigenvalue weighted by molar-refractivity contribution is 6.34. The molecule has 0 saturated heterocycles. The second-order valence-corrected chi connectivity index (χ2v) is 6.73. The van der Waals surface area contributed by atoms with E-state index in [2.05, 4.69) is 31.4 Å². The van der Waals surface area contributed by atoms with Crippen LogP contribution in [0.3, 0.4) is 0 Å². The summed E-state index contributed by atoms with van der Waals surface area (Å²) in [6, 6.07) is 11.6. The van der Waals surface area contributed by atoms with Crippen molar-refractivity contribution in [2.24, 2.45) is 0 Å². The molecule has 3 rings (SSSR count). The number of rotatable bonds is 6. The van der Waals surface area contributed by atoms with Gasteiger partial charge in [0.15, 0.2) is 0 Å². The molecule has 3 N–H and O–H groups in total. The predicted molar refractivity (Wildman–Crippen MR) is 112 cm³/mol. The number of amides is 3. The summed E-state index contributed by atoms with van der Waals surface area (Å²) in [6.07, 6.45) is 0. The number of hydrogen-bond donors (Lipinski definition) is 3. The zero-order valence-electron chi connectivity index (χ0n) is 16.1. The van der Waals surface area contributed by atoms with E-state index in [0.29, 0.717) is 33.5 Å². The van der Waals surface area contributed by atoms with Crippen molar-refractivity contribution in [1.82, 2.24) is 20.2 Å². The summed E-state index contributed by atoms with van der Waals surface area (Å²) >= 11 is 6.16. The molecule has 0 saturated carbocycles. The van der Waals surface area contributed by atoms with Crippen molar-refractivity contribution in [3.8, 4) is 11.4 Å². The Morgan fingerprint density at radius 2 is 1.57 bits per heavy atom. The van der Waals surface area contributed by atoms with Crippen molar-refractivity contribution in [2.75, 3.05) is 16.0 Å². The minimum Gasteiger partial charge on any atom is -0.326 e. The van der Waals surface area contributed by atoms with E-state index in [1.807, 2.05) is 0 Å². The third kappa shape index (κ3) is 5.61. The Kier molecular flexibility index (Phi) is 6.38. The lowest BCUT2D eigenvalue weighted by molar-refractivity contribution is -0.117. The number of carbonyl (C=O) groups excluding carboxylic acids is 3. The summed E-state index contributed by atoms with van der Waals surface area (Å²) in [6.45, 7) is 2.67. The molecule has 0 aliphatic carbocycles. The minimum absolute atomic E-state index is 0.141. The van der Waals surface area contributed by atoms with Crippen molar-refractivity contribution in [1.29, 1.82) is 0 Å². The van der Waals surface area contributed by atoms with Crippen molar-refractivity contribution in [3.05, 3.63) is 47.5 Å². The van der Waals surface area contributed by atoms with Gasteiger partial charge >= 0.3 is 0 Å². The molecule has 0 radical (unpaired) electrons. The SMILES string of the molecule is CC(=O)Nc1ccc(NC(=O)Cn2nnc(-c3ccc(NC(C)=O)c(Cl)c3)n2)cc1. The third-order valence-electron chi connectivity index (χ3n) is 3.76. The Balaban J connectivity index is 1.62. The van der Waals surface area contributed by atoms with Gasteiger partial charge in [-0.3, -0.25) is 14.4 Å². The molecule has 1 aromatic heterocycles. The molecule has 2 aromatic carbocycles. The molecule has 0 spiro atoms. The van der Waals surface area contributed by atoms with Crippen LogP contribution in [0.2, 0.25) is 5.02 Å². The number of tetrazole rings is 1. The van der Waals surface area contributed by atoms with Gasteiger partial charge in [0.25, 0.3) is 0 Å². The largest absolute Gasteiger partial charge is 0.326 e. The van der Waals surface area contributed by atoms with Gasteiger partial charge in [-0.05, 0) is 47.7 Å². The molecule has 154 valence electrons. The molecular formula is C19H18ClN7O3. The molecule has 0 aliphatic heterocycles. The van der Waals surface area contributed by atoms with Gasteiger partial charge in [0.05, 0.1) is 10.7 Å². The predicted octanol–water partition coefficient (Wildman–Crippen LogP) is 2.55. The summed E-state index contributed by atoms with van der Waals surface area (Å²) in [5.41, 5.74) is 2.26. The Labute approximate surface area is 176 Å². The average molecular weight is 428 g/mol. The van der Waals surface area contributed by atoms with Crippen LogP contribution < -0.4 is 16.0 Å². The third-order valence-corrected chi connectivity index (χ3v) is 4.08. The quantitative estimate of drug-likeness (QED) is 0.554. The first-order chi connectivity index (χ1) is 14.3. The Bertz CT molecular complexity index is 1100. The molecule has 0 unspecified atom stereocenters. The van der Waals surface area contributed by atoms with Gasteiger partial charge in [-0.25, -0.2) is 0 Å². The van der Waals surface area contributed by atoms with Crippen LogP contribution in [0.4, 0.5) is 17.1 Å². The average Bonchev–Trinajstić information content (AvgIpc) is 3.12. The zero-order chi connectivity index (χ0) is 21.7. The lowest BCUT2D eigenvalue weighted by Crippen LogP contribution is -2.20. The van der Waals surface area contributed by atoms with E-state index in [1.165, 1.54) is 13.8 Å². The van der Waals surface area contributed by atoms with E-state index in [0.717, 1.165) is 4.80 Å². The maximum Gasteiger partial charge on any atom is 0.248 e. The number of nitrogens with one attached hydrogen (secondary N) is 3. The summed E-state index contributed by atoms with van der Waals surface area (Å²) in [5, 5.41) is 20.3. The van der Waals surface area contributed by atoms with Gasteiger partial charge in [0.1, 0.15) is 6.54 Å². The molecule has 3 amide bonds. The fourth-order valence-electron chi connectivity index (χ4n) is 2.54. The molecule has 11 heteroatoms. The van der Waals surface area contributed by atoms with E-state index < -0.39 is 0 Å². The number of hydrogen-bond acceptors (Lipinski definition) is 6. The molecule has 0 aliphatic rings. The van der Waals surface area contributed by atoms with Crippen LogP contribution in [0.5, 0.6) is 0 Å². The number of aromatic nitrogens is 4. The zero-order valence-corrected chi connectivity index (χ0v) is 16.9. The van der Waals surface area contributed by atoms with Crippen LogP contribution >= 0.6 is 11.6 Å². The van der Waals surface area contributed by atoms with Gasteiger partial charge in [-0.2, -0.15) is 4.80 Å². The van der Waals surface area contributed by atoms with Crippen LogP contribution in [0, 0.1) is 0 Å². The van der Waals surface area contributed by atoms with Gasteiger partial charge < -0.3 is 16.0 Å². The molecular weight excluding hydrogens is 410 g/mol. The second kappa shape index (κ2) is 9.14. The molecule has 10 nitrogen and oxygen atoms in total. The van der Waals surface area contributed by atoms with Crippen LogP contribution in [0.15, 0.2) is 42.5 Å². The van der Waals surface area contributed by atoms with Crippen molar-refractivity contribution >= 4 is 46.4 Å². The first-order valence-electron chi connectivity index (χ1n) is 8.83. The summed E-state index contributed by atoms with van der Waals surface area (Å²) in [5.74, 6) is -0.459. The Morgan fingerprint density at radius 1 is 0.933 bits per heavy atom. The maximum atomic E-state index is 12.2. The normalized spacial score (nSPS) is 10.4. The molecule has 0 atom stereocenters. The van der Waals surface area contributed by atoms with Gasteiger partial charge in [-0.15, -0.1) is 10.2 Å². The van der Waals surface area contributed by atoms with Crippen LogP contribution in [0.25, 0.3) is 11.4 Å². The standard InChI is InChI=1S/C19H18ClN7O3/c1-11(28)21-14-4-6-15(7-5-14)23-18(30)10-27-25-19(24-26-27)13-3-8-17(16(20)9-13)22-12(2)29/h3-9H,10H2,1-2H3,(H,21,28)(H,22,29)(H,23,30). The Hall–Kier alpha value is -3.79. The monoisotopic (exact) mass is 427 g/mol. The van der Waals surface area contributed by atoms with Crippen LogP contribution in [0.1, 0.15) is 13.8 Å². The summed E-state index contributed by atoms with van der Waals surface area (Å²) in [4.78, 5) is 35.6. The van der Waals surface area contributed by atoms with E-state index in [1.54, 1.807) is 42.5 Å². The van der Waals surface area contributed by atoms with Crippen molar-refractivity contribution in [3.63, 3.8) is 0 Å². The topological polar surface area (TPSA) is 131 Å². The fourth-order valence-corrected chi connectivity index (χ4v) is 2.77. The molecule has 0 bridgehead atoms. The number of carbonyl (C=O) groups is 3. The smallest absolute Gasteiger partial charge is 0.248 e. The fraction of sp³-hybridized carbons (Fsp3) is 0.158. The molecule has 1 heterocycles. The van der Waals surface area contributed by atoms with Crippen molar-refractivity contribution < 1.29 is 14.4 Å². The Morgan fingerprint density at radius 3 is 2.17 bits per heavy atom. The van der Waals surface area contributed by atoms with Gasteiger partial charge in [0.2, 0.25) is 23.5 Å². The van der Waals surface area contributed by atoms with Crippen LogP contribution in [-0.4, -0.2) is 37.9 Å². The van der Waals surface area contributed by atoms with Gasteiger partial charge in [-0.1, -0.05) is 11.6 Å². The molecule has 30 heavy (non-hydrogen) atoms. The number of nitrogens with zero attached hydrogens (tertiary/aromatic N) is 4. The summed E-state index contributed by atoms with van der Waals surface area (Å²) < 4.78 is 0. The van der Waals surface area contributed by atoms with E-state index >= 15 is 0 Å². The number of halogens is 1. The molecule has 3 aromatic rings.